The lowest BCUT2D eigenvalue weighted by Crippen LogP contribution is -2.27. The zero-order valence-electron chi connectivity index (χ0n) is 6.85. The normalized spacial score (nSPS) is 80.0. The first kappa shape index (κ1) is 5.61. The molecule has 0 radical (unpaired) electrons. The van der Waals surface area contributed by atoms with Crippen LogP contribution in [0.4, 0.5) is 0 Å². The van der Waals surface area contributed by atoms with E-state index in [9.17, 15) is 0 Å². The molecule has 0 spiro atoms. The fourth-order valence-corrected chi connectivity index (χ4v) is 4.58. The first-order valence-electron chi connectivity index (χ1n) is 5.24. The summed E-state index contributed by atoms with van der Waals surface area (Å²) in [5, 5.41) is 0. The van der Waals surface area contributed by atoms with Gasteiger partial charge in [0.25, 0.3) is 0 Å². The Morgan fingerprint density at radius 1 is 0.750 bits per heavy atom. The number of hydrogen-bond acceptors (Lipinski definition) is 2. The molecule has 3 aliphatic carbocycles. The Morgan fingerprint density at radius 3 is 2.67 bits per heavy atom. The Morgan fingerprint density at radius 2 is 1.67 bits per heavy atom. The van der Waals surface area contributed by atoms with Gasteiger partial charge in [0.15, 0.2) is 0 Å². The Bertz CT molecular complexity index is 273. The number of rotatable bonds is 0. The van der Waals surface area contributed by atoms with Crippen molar-refractivity contribution >= 4 is 0 Å². The third kappa shape index (κ3) is 0.409. The summed E-state index contributed by atoms with van der Waals surface area (Å²) in [7, 11) is 0. The first-order valence-corrected chi connectivity index (χ1v) is 5.24. The van der Waals surface area contributed by atoms with Crippen molar-refractivity contribution in [2.75, 3.05) is 0 Å². The SMILES string of the molecule is C1[C@@H]2[C@H]3C[C@@H]4O[C@@H]4[C@@H]3[C@H]1[C@@H]1O[C@@H]21. The summed E-state index contributed by atoms with van der Waals surface area (Å²) in [6.45, 7) is 0. The van der Waals surface area contributed by atoms with Crippen LogP contribution in [0.15, 0.2) is 0 Å². The molecule has 5 fully saturated rings. The molecular weight excluding hydrogens is 152 g/mol. The van der Waals surface area contributed by atoms with Crippen molar-refractivity contribution in [2.45, 2.75) is 37.3 Å². The number of epoxide rings is 2. The predicted octanol–water partition coefficient (Wildman–Crippen LogP) is 0.807. The minimum Gasteiger partial charge on any atom is -0.369 e. The van der Waals surface area contributed by atoms with Crippen LogP contribution in [-0.4, -0.2) is 24.4 Å². The van der Waals surface area contributed by atoms with E-state index in [2.05, 4.69) is 0 Å². The molecule has 0 N–H and O–H groups in total. The fourth-order valence-electron chi connectivity index (χ4n) is 4.58. The minimum absolute atomic E-state index is 0.676. The van der Waals surface area contributed by atoms with Crippen LogP contribution in [0, 0.1) is 23.7 Å². The molecule has 5 rings (SSSR count). The van der Waals surface area contributed by atoms with E-state index < -0.39 is 0 Å². The van der Waals surface area contributed by atoms with Gasteiger partial charge in [0.1, 0.15) is 0 Å². The topological polar surface area (TPSA) is 25.1 Å². The monoisotopic (exact) mass is 164 g/mol. The molecule has 2 bridgehead atoms. The highest BCUT2D eigenvalue weighted by Gasteiger charge is 2.74. The van der Waals surface area contributed by atoms with Crippen molar-refractivity contribution in [2.24, 2.45) is 23.7 Å². The van der Waals surface area contributed by atoms with E-state index in [0.717, 1.165) is 23.7 Å². The molecule has 5 aliphatic rings. The second-order valence-electron chi connectivity index (χ2n) is 5.24. The third-order valence-corrected chi connectivity index (χ3v) is 4.99. The molecule has 0 aromatic rings. The number of hydrogen-bond donors (Lipinski definition) is 0. The Kier molecular flexibility index (Phi) is 0.644. The standard InChI is InChI=1S/C10H12O2/c1-4-3-2-6-10(11-6)7(3)5(1)9-8(4)12-9/h3-10H,1-2H2/t3-,4-,5+,6+,7+,8+,9+,10+/m1/s1. The van der Waals surface area contributed by atoms with Gasteiger partial charge in [-0.3, -0.25) is 0 Å². The van der Waals surface area contributed by atoms with Gasteiger partial charge in [0, 0.05) is 0 Å². The summed E-state index contributed by atoms with van der Waals surface area (Å²) in [5.74, 6) is 3.77. The lowest BCUT2D eigenvalue weighted by Gasteiger charge is -2.22. The van der Waals surface area contributed by atoms with Gasteiger partial charge in [0.05, 0.1) is 24.4 Å². The second kappa shape index (κ2) is 1.38. The van der Waals surface area contributed by atoms with Crippen LogP contribution < -0.4 is 0 Å². The molecule has 0 amide bonds. The summed E-state index contributed by atoms with van der Waals surface area (Å²) >= 11 is 0. The van der Waals surface area contributed by atoms with Crippen molar-refractivity contribution in [1.82, 2.24) is 0 Å². The Hall–Kier alpha value is -0.0800. The van der Waals surface area contributed by atoms with E-state index >= 15 is 0 Å². The van der Waals surface area contributed by atoms with Crippen LogP contribution >= 0.6 is 0 Å². The molecule has 8 atom stereocenters. The maximum Gasteiger partial charge on any atom is 0.0876 e. The second-order valence-corrected chi connectivity index (χ2v) is 5.24. The summed E-state index contributed by atoms with van der Waals surface area (Å²) in [4.78, 5) is 0. The van der Waals surface area contributed by atoms with Crippen LogP contribution in [-0.2, 0) is 9.47 Å². The molecule has 0 aromatic carbocycles. The van der Waals surface area contributed by atoms with Gasteiger partial charge in [-0.25, -0.2) is 0 Å². The zero-order chi connectivity index (χ0) is 7.45. The molecule has 2 saturated heterocycles. The number of fused-ring (bicyclic) bond motifs is 10. The van der Waals surface area contributed by atoms with E-state index in [1.54, 1.807) is 0 Å². The van der Waals surface area contributed by atoms with E-state index in [0.29, 0.717) is 24.4 Å². The molecule has 2 nitrogen and oxygen atoms in total. The van der Waals surface area contributed by atoms with E-state index in [1.165, 1.54) is 12.8 Å². The molecular formula is C10H12O2. The molecule has 2 heteroatoms. The van der Waals surface area contributed by atoms with Gasteiger partial charge in [-0.2, -0.15) is 0 Å². The van der Waals surface area contributed by atoms with Crippen LogP contribution in [0.2, 0.25) is 0 Å². The van der Waals surface area contributed by atoms with Crippen molar-refractivity contribution in [3.05, 3.63) is 0 Å². The highest BCUT2D eigenvalue weighted by molar-refractivity contribution is 5.21. The van der Waals surface area contributed by atoms with Crippen molar-refractivity contribution in [3.8, 4) is 0 Å². The molecule has 0 unspecified atom stereocenters. The van der Waals surface area contributed by atoms with E-state index in [-0.39, 0.29) is 0 Å². The first-order chi connectivity index (χ1) is 5.93. The Balaban J connectivity index is 1.66. The minimum atomic E-state index is 0.676. The summed E-state index contributed by atoms with van der Waals surface area (Å²) < 4.78 is 11.3. The van der Waals surface area contributed by atoms with Gasteiger partial charge >= 0.3 is 0 Å². The van der Waals surface area contributed by atoms with Crippen molar-refractivity contribution in [3.63, 3.8) is 0 Å². The van der Waals surface area contributed by atoms with Gasteiger partial charge in [-0.1, -0.05) is 0 Å². The third-order valence-electron chi connectivity index (χ3n) is 4.99. The van der Waals surface area contributed by atoms with Gasteiger partial charge in [-0.05, 0) is 36.5 Å². The van der Waals surface area contributed by atoms with E-state index in [4.69, 9.17) is 9.47 Å². The largest absolute Gasteiger partial charge is 0.369 e. The molecule has 0 aromatic heterocycles. The Labute approximate surface area is 71.2 Å². The number of ether oxygens (including phenoxy) is 2. The molecule has 2 aliphatic heterocycles. The summed E-state index contributed by atoms with van der Waals surface area (Å²) in [5.41, 5.74) is 0. The maximum absolute atomic E-state index is 5.69. The van der Waals surface area contributed by atoms with Crippen LogP contribution in [0.1, 0.15) is 12.8 Å². The maximum atomic E-state index is 5.69. The molecule has 3 saturated carbocycles. The summed E-state index contributed by atoms with van der Waals surface area (Å²) in [6, 6.07) is 0. The van der Waals surface area contributed by atoms with Crippen LogP contribution in [0.25, 0.3) is 0 Å². The lowest BCUT2D eigenvalue weighted by atomic mass is 9.81. The van der Waals surface area contributed by atoms with Crippen molar-refractivity contribution < 1.29 is 9.47 Å². The van der Waals surface area contributed by atoms with Gasteiger partial charge < -0.3 is 9.47 Å². The smallest absolute Gasteiger partial charge is 0.0876 e. The predicted molar refractivity (Wildman–Crippen MR) is 40.5 cm³/mol. The molecule has 12 heavy (non-hydrogen) atoms. The quantitative estimate of drug-likeness (QED) is 0.495. The van der Waals surface area contributed by atoms with Gasteiger partial charge in [-0.15, -0.1) is 0 Å². The molecule has 2 heterocycles. The van der Waals surface area contributed by atoms with E-state index in [1.807, 2.05) is 0 Å². The molecule has 64 valence electrons. The zero-order valence-corrected chi connectivity index (χ0v) is 6.85. The average molecular weight is 164 g/mol. The highest BCUT2D eigenvalue weighted by Crippen LogP contribution is 2.69. The van der Waals surface area contributed by atoms with Crippen molar-refractivity contribution in [1.29, 1.82) is 0 Å². The van der Waals surface area contributed by atoms with Gasteiger partial charge in [0.2, 0.25) is 0 Å². The lowest BCUT2D eigenvalue weighted by molar-refractivity contribution is 0.162. The summed E-state index contributed by atoms with van der Waals surface area (Å²) in [6.07, 6.45) is 5.58. The average Bonchev–Trinajstić information content (AvgIpc) is 2.92. The fraction of sp³-hybridized carbons (Fsp3) is 1.00. The highest BCUT2D eigenvalue weighted by atomic mass is 16.6. The van der Waals surface area contributed by atoms with Crippen LogP contribution in [0.3, 0.4) is 0 Å². The van der Waals surface area contributed by atoms with Crippen LogP contribution in [0.5, 0.6) is 0 Å².